The van der Waals surface area contributed by atoms with Gasteiger partial charge in [0.1, 0.15) is 23.7 Å². The molecule has 0 fully saturated rings. The molecule has 0 saturated heterocycles. The van der Waals surface area contributed by atoms with E-state index in [9.17, 15) is 4.79 Å². The second kappa shape index (κ2) is 10.1. The lowest BCUT2D eigenvalue weighted by Gasteiger charge is -2.16. The van der Waals surface area contributed by atoms with Gasteiger partial charge in [-0.15, -0.1) is 0 Å². The van der Waals surface area contributed by atoms with Gasteiger partial charge < -0.3 is 14.8 Å². The number of para-hydroxylation sites is 1. The van der Waals surface area contributed by atoms with E-state index in [0.717, 1.165) is 15.1 Å². The van der Waals surface area contributed by atoms with Crippen LogP contribution in [0, 0.1) is 3.70 Å². The molecule has 6 nitrogen and oxygen atoms in total. The summed E-state index contributed by atoms with van der Waals surface area (Å²) < 4.78 is 14.4. The first-order valence-corrected chi connectivity index (χ1v) is 15.2. The van der Waals surface area contributed by atoms with Gasteiger partial charge in [0.05, 0.1) is 31.9 Å². The molecule has 0 aliphatic carbocycles. The molecule has 1 N–H and O–H groups in total. The molecule has 0 bridgehead atoms. The van der Waals surface area contributed by atoms with Crippen LogP contribution in [0.3, 0.4) is 0 Å². The molecule has 0 saturated carbocycles. The van der Waals surface area contributed by atoms with Gasteiger partial charge in [-0.1, -0.05) is 48.9 Å². The average Bonchev–Trinajstić information content (AvgIpc) is 3.01. The summed E-state index contributed by atoms with van der Waals surface area (Å²) in [7, 11) is 0.374. The first kappa shape index (κ1) is 24.3. The third kappa shape index (κ3) is 5.73. The molecule has 10 heteroatoms. The second-order valence-corrected chi connectivity index (χ2v) is 15.8. The molecule has 1 aromatic carbocycles. The zero-order chi connectivity index (χ0) is 22.8. The van der Waals surface area contributed by atoms with Gasteiger partial charge in [0.25, 0.3) is 5.91 Å². The molecule has 2 heterocycles. The van der Waals surface area contributed by atoms with E-state index in [1.807, 2.05) is 10.6 Å². The number of fused-ring (bicyclic) bond motifs is 1. The van der Waals surface area contributed by atoms with E-state index in [1.54, 1.807) is 18.2 Å². The maximum atomic E-state index is 13.0. The monoisotopic (exact) mass is 591 g/mol. The highest BCUT2D eigenvalue weighted by molar-refractivity contribution is 14.1. The summed E-state index contributed by atoms with van der Waals surface area (Å²) in [5, 5.41) is 4.20. The van der Waals surface area contributed by atoms with Crippen molar-refractivity contribution in [2.45, 2.75) is 32.4 Å². The second-order valence-electron chi connectivity index (χ2n) is 8.24. The van der Waals surface area contributed by atoms with Gasteiger partial charge in [0.15, 0.2) is 0 Å². The van der Waals surface area contributed by atoms with Crippen molar-refractivity contribution in [2.75, 3.05) is 19.0 Å². The molecular formula is C21H24Cl2IN3O3Si. The van der Waals surface area contributed by atoms with E-state index >= 15 is 0 Å². The van der Waals surface area contributed by atoms with Crippen molar-refractivity contribution in [1.82, 2.24) is 9.55 Å². The number of benzene rings is 1. The van der Waals surface area contributed by atoms with E-state index in [0.29, 0.717) is 46.0 Å². The SMILES string of the molecule is COc1c(C(=O)Nc2c(Cl)cccc2Cl)cnc2c1cc(I)n2COCC[Si](C)(C)C. The minimum Gasteiger partial charge on any atom is -0.495 e. The van der Waals surface area contributed by atoms with E-state index < -0.39 is 14.0 Å². The van der Waals surface area contributed by atoms with Crippen LogP contribution in [0.15, 0.2) is 30.5 Å². The molecule has 0 aliphatic rings. The summed E-state index contributed by atoms with van der Waals surface area (Å²) in [5.41, 5.74) is 1.33. The number of halogens is 3. The van der Waals surface area contributed by atoms with Gasteiger partial charge in [0, 0.05) is 20.9 Å². The molecule has 0 spiro atoms. The molecule has 0 atom stereocenters. The molecule has 0 aliphatic heterocycles. The number of hydrogen-bond acceptors (Lipinski definition) is 4. The van der Waals surface area contributed by atoms with Gasteiger partial charge in [-0.05, 0) is 46.8 Å². The fourth-order valence-corrected chi connectivity index (χ4v) is 4.91. The van der Waals surface area contributed by atoms with Crippen molar-refractivity contribution in [1.29, 1.82) is 0 Å². The van der Waals surface area contributed by atoms with Crippen LogP contribution >= 0.6 is 45.8 Å². The van der Waals surface area contributed by atoms with Crippen molar-refractivity contribution in [3.63, 3.8) is 0 Å². The molecule has 2 aromatic heterocycles. The van der Waals surface area contributed by atoms with Crippen molar-refractivity contribution < 1.29 is 14.3 Å². The summed E-state index contributed by atoms with van der Waals surface area (Å²) in [5.74, 6) is 0.0276. The number of rotatable bonds is 8. The van der Waals surface area contributed by atoms with Crippen LogP contribution in [0.4, 0.5) is 5.69 Å². The van der Waals surface area contributed by atoms with E-state index in [-0.39, 0.29) is 0 Å². The molecule has 0 unspecified atom stereocenters. The highest BCUT2D eigenvalue weighted by atomic mass is 127. The van der Waals surface area contributed by atoms with Gasteiger partial charge >= 0.3 is 0 Å². The largest absolute Gasteiger partial charge is 0.495 e. The predicted molar refractivity (Wildman–Crippen MR) is 138 cm³/mol. The summed E-state index contributed by atoms with van der Waals surface area (Å²) in [6.07, 6.45) is 1.50. The standard InChI is InChI=1S/C21H24Cl2IN3O3Si/c1-29-19-13-10-17(24)27(12-30-8-9-31(2,3)4)20(13)25-11-14(19)21(28)26-18-15(22)6-5-7-16(18)23/h5-7,10-11H,8-9,12H2,1-4H3,(H,26,28). The number of hydrogen-bond donors (Lipinski definition) is 1. The number of methoxy groups -OCH3 is 1. The predicted octanol–water partition coefficient (Wildman–Crippen LogP) is 6.52. The Bertz CT molecular complexity index is 1100. The zero-order valence-electron chi connectivity index (χ0n) is 17.8. The van der Waals surface area contributed by atoms with Crippen LogP contribution in [-0.2, 0) is 11.5 Å². The Morgan fingerprint density at radius 3 is 2.55 bits per heavy atom. The van der Waals surface area contributed by atoms with E-state index in [4.69, 9.17) is 32.7 Å². The first-order chi connectivity index (χ1) is 14.6. The highest BCUT2D eigenvalue weighted by Gasteiger charge is 2.21. The third-order valence-corrected chi connectivity index (χ3v) is 7.92. The smallest absolute Gasteiger partial charge is 0.261 e. The summed E-state index contributed by atoms with van der Waals surface area (Å²) in [6.45, 7) is 8.06. The average molecular weight is 592 g/mol. The van der Waals surface area contributed by atoms with Crippen LogP contribution in [0.5, 0.6) is 5.75 Å². The molecular weight excluding hydrogens is 568 g/mol. The van der Waals surface area contributed by atoms with Crippen molar-refractivity contribution in [3.8, 4) is 5.75 Å². The quantitative estimate of drug-likeness (QED) is 0.184. The van der Waals surface area contributed by atoms with Crippen molar-refractivity contribution >= 4 is 76.5 Å². The van der Waals surface area contributed by atoms with Gasteiger partial charge in [-0.3, -0.25) is 9.36 Å². The third-order valence-electron chi connectivity index (χ3n) is 4.69. The van der Waals surface area contributed by atoms with E-state index in [2.05, 4.69) is 52.5 Å². The molecule has 0 radical (unpaired) electrons. The lowest BCUT2D eigenvalue weighted by atomic mass is 10.2. The lowest BCUT2D eigenvalue weighted by molar-refractivity contribution is 0.0883. The summed E-state index contributed by atoms with van der Waals surface area (Å²) >= 11 is 14.6. The Hall–Kier alpha value is -1.33. The fourth-order valence-electron chi connectivity index (χ4n) is 2.98. The molecule has 3 rings (SSSR count). The van der Waals surface area contributed by atoms with Crippen molar-refractivity contribution in [3.05, 3.63) is 49.8 Å². The Kier molecular flexibility index (Phi) is 7.90. The fraction of sp³-hybridized carbons (Fsp3) is 0.333. The number of amides is 1. The Morgan fingerprint density at radius 2 is 1.94 bits per heavy atom. The summed E-state index contributed by atoms with van der Waals surface area (Å²) in [4.78, 5) is 17.5. The molecule has 3 aromatic rings. The number of aromatic nitrogens is 2. The van der Waals surface area contributed by atoms with Crippen LogP contribution in [0.1, 0.15) is 10.4 Å². The summed E-state index contributed by atoms with van der Waals surface area (Å²) in [6, 6.07) is 8.06. The minimum atomic E-state index is -1.16. The van der Waals surface area contributed by atoms with Gasteiger partial charge in [0.2, 0.25) is 0 Å². The minimum absolute atomic E-state index is 0.291. The van der Waals surface area contributed by atoms with Gasteiger partial charge in [-0.25, -0.2) is 4.98 Å². The van der Waals surface area contributed by atoms with Crippen LogP contribution in [-0.4, -0.2) is 37.2 Å². The Labute approximate surface area is 206 Å². The topological polar surface area (TPSA) is 65.4 Å². The molecule has 166 valence electrons. The van der Waals surface area contributed by atoms with Crippen molar-refractivity contribution in [2.24, 2.45) is 0 Å². The first-order valence-electron chi connectivity index (χ1n) is 9.67. The van der Waals surface area contributed by atoms with Crippen LogP contribution < -0.4 is 10.1 Å². The van der Waals surface area contributed by atoms with Gasteiger partial charge in [-0.2, -0.15) is 0 Å². The number of carbonyl (C=O) groups excluding carboxylic acids is 1. The Balaban J connectivity index is 1.88. The number of carbonyl (C=O) groups is 1. The lowest BCUT2D eigenvalue weighted by Crippen LogP contribution is -2.22. The zero-order valence-corrected chi connectivity index (χ0v) is 22.4. The van der Waals surface area contributed by atoms with Crippen LogP contribution in [0.25, 0.3) is 11.0 Å². The normalized spacial score (nSPS) is 11.7. The maximum absolute atomic E-state index is 13.0. The number of anilines is 1. The molecule has 1 amide bonds. The number of nitrogens with one attached hydrogen (secondary N) is 1. The number of nitrogens with zero attached hydrogens (tertiary/aromatic N) is 2. The molecule has 31 heavy (non-hydrogen) atoms. The maximum Gasteiger partial charge on any atom is 0.261 e. The number of ether oxygens (including phenoxy) is 2. The van der Waals surface area contributed by atoms with Crippen LogP contribution in [0.2, 0.25) is 35.7 Å². The van der Waals surface area contributed by atoms with E-state index in [1.165, 1.54) is 13.3 Å². The number of pyridine rings is 1. The Morgan fingerprint density at radius 1 is 1.26 bits per heavy atom. The highest BCUT2D eigenvalue weighted by Crippen LogP contribution is 2.34.